The molecule has 1 fully saturated rings. The van der Waals surface area contributed by atoms with Crippen molar-refractivity contribution < 1.29 is 30.1 Å². The average molecular weight is 269 g/mol. The van der Waals surface area contributed by atoms with Crippen LogP contribution in [-0.4, -0.2) is 63.6 Å². The molecule has 0 bridgehead atoms. The molecule has 104 valence electrons. The molecule has 0 saturated carbocycles. The van der Waals surface area contributed by atoms with E-state index in [0.29, 0.717) is 5.69 Å². The smallest absolute Gasteiger partial charge is 0.423 e. The summed E-state index contributed by atoms with van der Waals surface area (Å²) in [6, 6.07) is 6.41. The molecule has 0 amide bonds. The first-order chi connectivity index (χ1) is 9.04. The van der Waals surface area contributed by atoms with Crippen LogP contribution in [0, 0.1) is 0 Å². The van der Waals surface area contributed by atoms with Crippen LogP contribution < -0.4 is 10.8 Å². The van der Waals surface area contributed by atoms with Crippen molar-refractivity contribution in [3.8, 4) is 0 Å². The Kier molecular flexibility index (Phi) is 4.40. The Morgan fingerprint density at radius 3 is 2.42 bits per heavy atom. The zero-order valence-corrected chi connectivity index (χ0v) is 10.0. The number of aliphatic hydroxyl groups is 3. The summed E-state index contributed by atoms with van der Waals surface area (Å²) in [5.41, 5.74) is 0.590. The Morgan fingerprint density at radius 2 is 1.84 bits per heavy atom. The number of nitrogens with one attached hydrogen (secondary N) is 1. The third kappa shape index (κ3) is 2.89. The third-order valence-corrected chi connectivity index (χ3v) is 3.08. The molecule has 0 aliphatic carbocycles. The highest BCUT2D eigenvalue weighted by atomic mass is 16.6. The lowest BCUT2D eigenvalue weighted by Crippen LogP contribution is -2.39. The highest BCUT2D eigenvalue weighted by Crippen LogP contribution is 2.22. The number of aliphatic hydroxyl groups excluding tert-OH is 3. The van der Waals surface area contributed by atoms with Gasteiger partial charge in [-0.25, -0.2) is 0 Å². The van der Waals surface area contributed by atoms with Crippen LogP contribution in [0.25, 0.3) is 0 Å². The average Bonchev–Trinajstić information content (AvgIpc) is 2.67. The summed E-state index contributed by atoms with van der Waals surface area (Å²) in [5.74, 6) is 0. The lowest BCUT2D eigenvalue weighted by molar-refractivity contribution is -0.0153. The van der Waals surface area contributed by atoms with Crippen molar-refractivity contribution in [1.82, 2.24) is 0 Å². The minimum absolute atomic E-state index is 0.222. The number of benzene rings is 1. The number of ether oxygens (including phenoxy) is 1. The lowest BCUT2D eigenvalue weighted by atomic mass is 9.79. The van der Waals surface area contributed by atoms with Crippen molar-refractivity contribution in [2.75, 3.05) is 11.9 Å². The summed E-state index contributed by atoms with van der Waals surface area (Å²) < 4.78 is 5.25. The van der Waals surface area contributed by atoms with E-state index in [1.807, 2.05) is 0 Å². The summed E-state index contributed by atoms with van der Waals surface area (Å²) in [4.78, 5) is 0. The fraction of sp³-hybridized carbons (Fsp3) is 0.455. The second kappa shape index (κ2) is 5.87. The number of para-hydroxylation sites is 1. The van der Waals surface area contributed by atoms with Crippen molar-refractivity contribution in [3.05, 3.63) is 24.3 Å². The fourth-order valence-electron chi connectivity index (χ4n) is 2.03. The maximum atomic E-state index is 9.78. The van der Waals surface area contributed by atoms with Crippen LogP contribution in [0.3, 0.4) is 0 Å². The van der Waals surface area contributed by atoms with E-state index >= 15 is 0 Å². The minimum atomic E-state index is -1.67. The molecular formula is C11H16BNO6. The predicted octanol–water partition coefficient (Wildman–Crippen LogP) is -2.78. The van der Waals surface area contributed by atoms with Crippen LogP contribution in [0.4, 0.5) is 5.69 Å². The first kappa shape index (κ1) is 14.3. The summed E-state index contributed by atoms with van der Waals surface area (Å²) in [6.45, 7) is -0.416. The van der Waals surface area contributed by atoms with Crippen molar-refractivity contribution in [3.63, 3.8) is 0 Å². The fourth-order valence-corrected chi connectivity index (χ4v) is 2.03. The molecule has 1 aromatic carbocycles. The van der Waals surface area contributed by atoms with E-state index < -0.39 is 38.3 Å². The van der Waals surface area contributed by atoms with E-state index in [1.54, 1.807) is 18.2 Å². The molecule has 1 unspecified atom stereocenters. The molecule has 0 radical (unpaired) electrons. The Balaban J connectivity index is 2.14. The molecule has 2 rings (SSSR count). The van der Waals surface area contributed by atoms with Crippen molar-refractivity contribution in [2.24, 2.45) is 0 Å². The first-order valence-corrected chi connectivity index (χ1v) is 5.88. The zero-order chi connectivity index (χ0) is 14.0. The standard InChI is InChI=1S/C11H16BNO6/c14-5-8-9(15)10(16)11(19-8)13-7-4-2-1-3-6(7)12(17)18/h1-4,8-11,13-18H,5H2/t8-,9-,10-,11?/m1/s1. The second-order valence-electron chi connectivity index (χ2n) is 4.36. The normalized spacial score (nSPS) is 30.4. The summed E-state index contributed by atoms with van der Waals surface area (Å²) in [5, 5.41) is 49.6. The monoisotopic (exact) mass is 269 g/mol. The molecule has 4 atom stereocenters. The van der Waals surface area contributed by atoms with Gasteiger partial charge in [0.25, 0.3) is 0 Å². The maximum Gasteiger partial charge on any atom is 0.490 e. The van der Waals surface area contributed by atoms with E-state index in [9.17, 15) is 20.3 Å². The Labute approximate surface area is 110 Å². The van der Waals surface area contributed by atoms with Gasteiger partial charge in [0.2, 0.25) is 0 Å². The Hall–Kier alpha value is -1.16. The SMILES string of the molecule is OC[C@H]1OC(Nc2ccccc2B(O)O)[C@H](O)[C@@H]1O. The third-order valence-electron chi connectivity index (χ3n) is 3.08. The summed E-state index contributed by atoms with van der Waals surface area (Å²) in [6.07, 6.45) is -4.24. The molecule has 0 aromatic heterocycles. The van der Waals surface area contributed by atoms with Gasteiger partial charge >= 0.3 is 7.12 Å². The molecular weight excluding hydrogens is 253 g/mol. The Morgan fingerprint density at radius 1 is 1.16 bits per heavy atom. The first-order valence-electron chi connectivity index (χ1n) is 5.88. The van der Waals surface area contributed by atoms with Crippen LogP contribution in [0.15, 0.2) is 24.3 Å². The van der Waals surface area contributed by atoms with Crippen LogP contribution in [0.1, 0.15) is 0 Å². The molecule has 1 aliphatic rings. The van der Waals surface area contributed by atoms with Crippen LogP contribution in [0.5, 0.6) is 0 Å². The highest BCUT2D eigenvalue weighted by molar-refractivity contribution is 6.60. The van der Waals surface area contributed by atoms with Gasteiger partial charge in [0.05, 0.1) is 6.61 Å². The molecule has 7 nitrogen and oxygen atoms in total. The van der Waals surface area contributed by atoms with Gasteiger partial charge in [-0.1, -0.05) is 18.2 Å². The van der Waals surface area contributed by atoms with E-state index in [4.69, 9.17) is 9.84 Å². The Bertz CT molecular complexity index is 431. The van der Waals surface area contributed by atoms with Crippen molar-refractivity contribution in [1.29, 1.82) is 0 Å². The predicted molar refractivity (Wildman–Crippen MR) is 67.7 cm³/mol. The number of hydrogen-bond acceptors (Lipinski definition) is 7. The molecule has 19 heavy (non-hydrogen) atoms. The van der Waals surface area contributed by atoms with Gasteiger partial charge in [-0.05, 0) is 6.07 Å². The van der Waals surface area contributed by atoms with Gasteiger partial charge in [0.15, 0.2) is 6.23 Å². The topological polar surface area (TPSA) is 122 Å². The molecule has 1 heterocycles. The van der Waals surface area contributed by atoms with E-state index in [-0.39, 0.29) is 5.46 Å². The quantitative estimate of drug-likeness (QED) is 0.327. The number of rotatable bonds is 4. The molecule has 1 aromatic rings. The van der Waals surface area contributed by atoms with Crippen molar-refractivity contribution in [2.45, 2.75) is 24.5 Å². The van der Waals surface area contributed by atoms with Gasteiger partial charge < -0.3 is 35.4 Å². The highest BCUT2D eigenvalue weighted by Gasteiger charge is 2.42. The molecule has 0 spiro atoms. The van der Waals surface area contributed by atoms with E-state index in [2.05, 4.69) is 5.32 Å². The lowest BCUT2D eigenvalue weighted by Gasteiger charge is -2.19. The van der Waals surface area contributed by atoms with Crippen LogP contribution >= 0.6 is 0 Å². The van der Waals surface area contributed by atoms with E-state index in [1.165, 1.54) is 6.07 Å². The molecule has 1 aliphatic heterocycles. The van der Waals surface area contributed by atoms with Crippen LogP contribution in [-0.2, 0) is 4.74 Å². The minimum Gasteiger partial charge on any atom is -0.423 e. The molecule has 6 N–H and O–H groups in total. The van der Waals surface area contributed by atoms with Gasteiger partial charge in [-0.2, -0.15) is 0 Å². The van der Waals surface area contributed by atoms with Crippen LogP contribution in [0.2, 0.25) is 0 Å². The van der Waals surface area contributed by atoms with Gasteiger partial charge in [-0.15, -0.1) is 0 Å². The number of hydrogen-bond donors (Lipinski definition) is 6. The maximum absolute atomic E-state index is 9.78. The molecule has 8 heteroatoms. The van der Waals surface area contributed by atoms with Gasteiger partial charge in [0, 0.05) is 11.2 Å². The van der Waals surface area contributed by atoms with Gasteiger partial charge in [-0.3, -0.25) is 0 Å². The van der Waals surface area contributed by atoms with Gasteiger partial charge in [0.1, 0.15) is 18.3 Å². The number of anilines is 1. The largest absolute Gasteiger partial charge is 0.490 e. The molecule has 1 saturated heterocycles. The summed E-state index contributed by atoms with van der Waals surface area (Å²) >= 11 is 0. The van der Waals surface area contributed by atoms with Crippen molar-refractivity contribution >= 4 is 18.3 Å². The summed E-state index contributed by atoms with van der Waals surface area (Å²) in [7, 11) is -1.67. The van der Waals surface area contributed by atoms with E-state index in [0.717, 1.165) is 0 Å². The second-order valence-corrected chi connectivity index (χ2v) is 4.36. The zero-order valence-electron chi connectivity index (χ0n) is 10.0.